The van der Waals surface area contributed by atoms with Crippen LogP contribution in [0.2, 0.25) is 0 Å². The minimum Gasteiger partial charge on any atom is -0.338 e. The van der Waals surface area contributed by atoms with Gasteiger partial charge in [-0.1, -0.05) is 42.0 Å². The number of benzene rings is 2. The number of hydrogen-bond acceptors (Lipinski definition) is 2. The van der Waals surface area contributed by atoms with E-state index in [2.05, 4.69) is 0 Å². The third-order valence-electron chi connectivity index (χ3n) is 4.47. The molecular weight excluding hydrogens is 324 g/mol. The third-order valence-corrected chi connectivity index (χ3v) is 4.47. The van der Waals surface area contributed by atoms with Crippen molar-refractivity contribution in [1.29, 1.82) is 0 Å². The van der Waals surface area contributed by atoms with Crippen LogP contribution in [0, 0.1) is 13.8 Å². The van der Waals surface area contributed by atoms with Crippen LogP contribution in [0.5, 0.6) is 0 Å². The zero-order valence-electron chi connectivity index (χ0n) is 16.2. The van der Waals surface area contributed by atoms with Crippen molar-refractivity contribution in [3.63, 3.8) is 0 Å². The van der Waals surface area contributed by atoms with Gasteiger partial charge in [-0.3, -0.25) is 9.59 Å². The lowest BCUT2D eigenvalue weighted by molar-refractivity contribution is -0.130. The van der Waals surface area contributed by atoms with Gasteiger partial charge in [0.25, 0.3) is 0 Å². The summed E-state index contributed by atoms with van der Waals surface area (Å²) in [7, 11) is 0. The molecule has 0 spiro atoms. The molecule has 0 unspecified atom stereocenters. The first-order valence-electron chi connectivity index (χ1n) is 9.08. The Bertz CT molecular complexity index is 753. The molecule has 0 fully saturated rings. The number of carbonyl (C=O) groups excluding carboxylic acids is 2. The summed E-state index contributed by atoms with van der Waals surface area (Å²) in [6, 6.07) is 16.1. The second-order valence-electron chi connectivity index (χ2n) is 6.65. The van der Waals surface area contributed by atoms with Crippen molar-refractivity contribution >= 4 is 17.5 Å². The van der Waals surface area contributed by atoms with E-state index in [0.29, 0.717) is 26.1 Å². The van der Waals surface area contributed by atoms with E-state index in [1.165, 1.54) is 5.56 Å². The summed E-state index contributed by atoms with van der Waals surface area (Å²) < 4.78 is 0. The Hall–Kier alpha value is -2.62. The quantitative estimate of drug-likeness (QED) is 0.753. The Morgan fingerprint density at radius 3 is 2.23 bits per heavy atom. The van der Waals surface area contributed by atoms with E-state index in [9.17, 15) is 9.59 Å². The van der Waals surface area contributed by atoms with Crippen molar-refractivity contribution in [2.75, 3.05) is 18.0 Å². The first-order chi connectivity index (χ1) is 12.4. The van der Waals surface area contributed by atoms with Gasteiger partial charge in [0.1, 0.15) is 0 Å². The van der Waals surface area contributed by atoms with Crippen LogP contribution in [0.3, 0.4) is 0 Å². The van der Waals surface area contributed by atoms with E-state index in [-0.39, 0.29) is 11.8 Å². The second kappa shape index (κ2) is 9.18. The minimum absolute atomic E-state index is 0.0167. The van der Waals surface area contributed by atoms with Crippen molar-refractivity contribution in [2.45, 2.75) is 40.7 Å². The SMILES string of the molecule is CCN(C(=O)CCN(Cc1ccc(C)cc1)C(C)=O)c1cccc(C)c1. The molecule has 26 heavy (non-hydrogen) atoms. The maximum Gasteiger partial charge on any atom is 0.228 e. The molecule has 2 aromatic rings. The molecule has 0 aromatic heterocycles. The van der Waals surface area contributed by atoms with Crippen LogP contribution in [0.15, 0.2) is 48.5 Å². The molecule has 0 bridgehead atoms. The fourth-order valence-electron chi connectivity index (χ4n) is 2.93. The van der Waals surface area contributed by atoms with Crippen LogP contribution in [0.25, 0.3) is 0 Å². The van der Waals surface area contributed by atoms with E-state index in [0.717, 1.165) is 16.8 Å². The van der Waals surface area contributed by atoms with Gasteiger partial charge in [-0.05, 0) is 44.0 Å². The standard InChI is InChI=1S/C22H28N2O2/c1-5-24(21-8-6-7-18(3)15-21)22(26)13-14-23(19(4)25)16-20-11-9-17(2)10-12-20/h6-12,15H,5,13-14,16H2,1-4H3. The summed E-state index contributed by atoms with van der Waals surface area (Å²) in [6.07, 6.45) is 0.313. The van der Waals surface area contributed by atoms with E-state index in [4.69, 9.17) is 0 Å². The highest BCUT2D eigenvalue weighted by Gasteiger charge is 2.17. The summed E-state index contributed by atoms with van der Waals surface area (Å²) in [5.74, 6) is 0.0187. The molecule has 0 aliphatic rings. The van der Waals surface area contributed by atoms with Gasteiger partial charge in [-0.25, -0.2) is 0 Å². The van der Waals surface area contributed by atoms with Gasteiger partial charge in [-0.15, -0.1) is 0 Å². The summed E-state index contributed by atoms with van der Waals surface area (Å²) in [6.45, 7) is 9.13. The van der Waals surface area contributed by atoms with Gasteiger partial charge in [0.2, 0.25) is 11.8 Å². The first kappa shape index (κ1) is 19.7. The van der Waals surface area contributed by atoms with E-state index in [1.807, 2.05) is 69.3 Å². The van der Waals surface area contributed by atoms with Crippen LogP contribution in [0.4, 0.5) is 5.69 Å². The molecule has 0 saturated carbocycles. The van der Waals surface area contributed by atoms with Crippen LogP contribution < -0.4 is 4.90 Å². The Morgan fingerprint density at radius 1 is 0.962 bits per heavy atom. The lowest BCUT2D eigenvalue weighted by atomic mass is 10.1. The largest absolute Gasteiger partial charge is 0.338 e. The smallest absolute Gasteiger partial charge is 0.228 e. The summed E-state index contributed by atoms with van der Waals surface area (Å²) in [5.41, 5.74) is 4.29. The molecule has 2 amide bonds. The highest BCUT2D eigenvalue weighted by atomic mass is 16.2. The highest BCUT2D eigenvalue weighted by Crippen LogP contribution is 2.17. The van der Waals surface area contributed by atoms with Crippen molar-refractivity contribution in [3.8, 4) is 0 Å². The van der Waals surface area contributed by atoms with E-state index < -0.39 is 0 Å². The molecule has 0 heterocycles. The highest BCUT2D eigenvalue weighted by molar-refractivity contribution is 5.93. The lowest BCUT2D eigenvalue weighted by Crippen LogP contribution is -2.36. The Morgan fingerprint density at radius 2 is 1.65 bits per heavy atom. The van der Waals surface area contributed by atoms with Crippen LogP contribution >= 0.6 is 0 Å². The predicted octanol–water partition coefficient (Wildman–Crippen LogP) is 4.10. The molecule has 0 radical (unpaired) electrons. The number of amides is 2. The first-order valence-corrected chi connectivity index (χ1v) is 9.08. The van der Waals surface area contributed by atoms with Gasteiger partial charge >= 0.3 is 0 Å². The van der Waals surface area contributed by atoms with Gasteiger partial charge in [0, 0.05) is 38.7 Å². The maximum atomic E-state index is 12.7. The van der Waals surface area contributed by atoms with Crippen molar-refractivity contribution in [2.24, 2.45) is 0 Å². The third kappa shape index (κ3) is 5.45. The molecule has 0 N–H and O–H groups in total. The number of rotatable bonds is 7. The van der Waals surface area contributed by atoms with Crippen molar-refractivity contribution < 1.29 is 9.59 Å². The maximum absolute atomic E-state index is 12.7. The van der Waals surface area contributed by atoms with Crippen molar-refractivity contribution in [1.82, 2.24) is 4.90 Å². The molecule has 0 aliphatic carbocycles. The predicted molar refractivity (Wildman–Crippen MR) is 106 cm³/mol. The van der Waals surface area contributed by atoms with Gasteiger partial charge < -0.3 is 9.80 Å². The average Bonchev–Trinajstić information content (AvgIpc) is 2.60. The number of aryl methyl sites for hydroxylation is 2. The number of anilines is 1. The second-order valence-corrected chi connectivity index (χ2v) is 6.65. The van der Waals surface area contributed by atoms with E-state index >= 15 is 0 Å². The zero-order chi connectivity index (χ0) is 19.1. The van der Waals surface area contributed by atoms with Crippen LogP contribution in [0.1, 0.15) is 37.0 Å². The fraction of sp³-hybridized carbons (Fsp3) is 0.364. The molecule has 0 atom stereocenters. The van der Waals surface area contributed by atoms with Crippen molar-refractivity contribution in [3.05, 3.63) is 65.2 Å². The molecule has 138 valence electrons. The van der Waals surface area contributed by atoms with Crippen LogP contribution in [-0.2, 0) is 16.1 Å². The van der Waals surface area contributed by atoms with Gasteiger partial charge in [-0.2, -0.15) is 0 Å². The summed E-state index contributed by atoms with van der Waals surface area (Å²) in [5, 5.41) is 0. The monoisotopic (exact) mass is 352 g/mol. The van der Waals surface area contributed by atoms with E-state index in [1.54, 1.807) is 16.7 Å². The number of hydrogen-bond donors (Lipinski definition) is 0. The molecule has 4 heteroatoms. The lowest BCUT2D eigenvalue weighted by Gasteiger charge is -2.25. The molecule has 0 saturated heterocycles. The fourth-order valence-corrected chi connectivity index (χ4v) is 2.93. The Kier molecular flexibility index (Phi) is 6.96. The average molecular weight is 352 g/mol. The molecular formula is C22H28N2O2. The molecule has 4 nitrogen and oxygen atoms in total. The number of nitrogens with zero attached hydrogens (tertiary/aromatic N) is 2. The molecule has 2 rings (SSSR count). The topological polar surface area (TPSA) is 40.6 Å². The minimum atomic E-state index is -0.0167. The molecule has 2 aromatic carbocycles. The summed E-state index contributed by atoms with van der Waals surface area (Å²) >= 11 is 0. The summed E-state index contributed by atoms with van der Waals surface area (Å²) in [4.78, 5) is 28.2. The number of carbonyl (C=O) groups is 2. The Balaban J connectivity index is 2.01. The molecule has 0 aliphatic heterocycles. The Labute approximate surface area is 156 Å². The zero-order valence-corrected chi connectivity index (χ0v) is 16.2. The van der Waals surface area contributed by atoms with Gasteiger partial charge in [0.05, 0.1) is 0 Å². The van der Waals surface area contributed by atoms with Gasteiger partial charge in [0.15, 0.2) is 0 Å². The normalized spacial score (nSPS) is 10.5. The van der Waals surface area contributed by atoms with Crippen LogP contribution in [-0.4, -0.2) is 29.8 Å².